The van der Waals surface area contributed by atoms with Crippen LogP contribution in [0.1, 0.15) is 22.7 Å². The van der Waals surface area contributed by atoms with Crippen LogP contribution in [0.3, 0.4) is 0 Å². The molecule has 2 rings (SSSR count). The van der Waals surface area contributed by atoms with Gasteiger partial charge in [0.2, 0.25) is 0 Å². The smallest absolute Gasteiger partial charge is 0.128 e. The summed E-state index contributed by atoms with van der Waals surface area (Å²) in [5, 5.41) is 2.94. The molecule has 1 unspecified atom stereocenters. The quantitative estimate of drug-likeness (QED) is 0.894. The second-order valence-corrected chi connectivity index (χ2v) is 4.80. The van der Waals surface area contributed by atoms with Crippen molar-refractivity contribution >= 4 is 0 Å². The highest BCUT2D eigenvalue weighted by molar-refractivity contribution is 5.29. The first-order valence-electron chi connectivity index (χ1n) is 6.38. The van der Waals surface area contributed by atoms with Crippen LogP contribution in [0.2, 0.25) is 0 Å². The molecule has 0 radical (unpaired) electrons. The minimum atomic E-state index is -0.459. The average molecular weight is 279 g/mol. The van der Waals surface area contributed by atoms with E-state index in [0.717, 1.165) is 5.56 Å². The molecule has 0 saturated carbocycles. The van der Waals surface area contributed by atoms with E-state index in [-0.39, 0.29) is 16.9 Å². The maximum Gasteiger partial charge on any atom is 0.128 e. The molecular weight excluding hydrogens is 263 g/mol. The van der Waals surface area contributed by atoms with Gasteiger partial charge in [-0.1, -0.05) is 12.1 Å². The molecule has 2 aromatic carbocycles. The highest BCUT2D eigenvalue weighted by Crippen LogP contribution is 2.24. The maximum absolute atomic E-state index is 14.0. The Morgan fingerprint density at radius 3 is 2.45 bits per heavy atom. The number of halogens is 3. The van der Waals surface area contributed by atoms with E-state index in [2.05, 4.69) is 5.32 Å². The Morgan fingerprint density at radius 1 is 1.05 bits per heavy atom. The Kier molecular flexibility index (Phi) is 4.45. The van der Waals surface area contributed by atoms with E-state index in [0.29, 0.717) is 6.42 Å². The van der Waals surface area contributed by atoms with Crippen LogP contribution >= 0.6 is 0 Å². The maximum atomic E-state index is 14.0. The minimum Gasteiger partial charge on any atom is -0.313 e. The molecule has 2 aromatic rings. The van der Waals surface area contributed by atoms with Crippen LogP contribution in [-0.4, -0.2) is 7.05 Å². The van der Waals surface area contributed by atoms with Crippen molar-refractivity contribution in [2.75, 3.05) is 7.05 Å². The first-order valence-corrected chi connectivity index (χ1v) is 6.38. The summed E-state index contributed by atoms with van der Waals surface area (Å²) in [6.45, 7) is 1.52. The van der Waals surface area contributed by atoms with Crippen molar-refractivity contribution in [1.82, 2.24) is 5.32 Å². The van der Waals surface area contributed by atoms with E-state index >= 15 is 0 Å². The molecule has 0 amide bonds. The molecule has 0 aliphatic rings. The van der Waals surface area contributed by atoms with Crippen LogP contribution in [0, 0.1) is 24.4 Å². The van der Waals surface area contributed by atoms with E-state index in [9.17, 15) is 13.2 Å². The molecule has 0 fully saturated rings. The Morgan fingerprint density at radius 2 is 1.80 bits per heavy atom. The third-order valence-corrected chi connectivity index (χ3v) is 3.33. The molecule has 0 aromatic heterocycles. The summed E-state index contributed by atoms with van der Waals surface area (Å²) in [5.74, 6) is -1.24. The molecule has 106 valence electrons. The van der Waals surface area contributed by atoms with Gasteiger partial charge in [-0.05, 0) is 55.8 Å². The third kappa shape index (κ3) is 3.20. The number of aryl methyl sites for hydroxylation is 1. The molecule has 1 nitrogen and oxygen atoms in total. The standard InChI is InChI=1S/C16H16F3N/c1-10-6-15(19)13(9-14(10)18)16(20-2)8-11-4-3-5-12(17)7-11/h3-7,9,16,20H,8H2,1-2H3. The Bertz CT molecular complexity index is 611. The first-order chi connectivity index (χ1) is 9.51. The van der Waals surface area contributed by atoms with Crippen LogP contribution in [0.4, 0.5) is 13.2 Å². The van der Waals surface area contributed by atoms with Crippen LogP contribution in [0.25, 0.3) is 0 Å². The van der Waals surface area contributed by atoms with Crippen LogP contribution < -0.4 is 5.32 Å². The summed E-state index contributed by atoms with van der Waals surface area (Å²) in [5.41, 5.74) is 1.25. The lowest BCUT2D eigenvalue weighted by Crippen LogP contribution is -2.20. The number of rotatable bonds is 4. The van der Waals surface area contributed by atoms with E-state index in [4.69, 9.17) is 0 Å². The molecule has 0 aliphatic carbocycles. The molecule has 20 heavy (non-hydrogen) atoms. The van der Waals surface area contributed by atoms with Gasteiger partial charge in [-0.2, -0.15) is 0 Å². The molecule has 4 heteroatoms. The summed E-state index contributed by atoms with van der Waals surface area (Å²) in [7, 11) is 1.67. The highest BCUT2D eigenvalue weighted by Gasteiger charge is 2.17. The first kappa shape index (κ1) is 14.6. The highest BCUT2D eigenvalue weighted by atomic mass is 19.1. The van der Waals surface area contributed by atoms with Gasteiger partial charge < -0.3 is 5.32 Å². The minimum absolute atomic E-state index is 0.250. The van der Waals surface area contributed by atoms with Crippen LogP contribution in [0.5, 0.6) is 0 Å². The van der Waals surface area contributed by atoms with Crippen molar-refractivity contribution in [2.24, 2.45) is 0 Å². The molecule has 0 heterocycles. The number of hydrogen-bond donors (Lipinski definition) is 1. The zero-order chi connectivity index (χ0) is 14.7. The Balaban J connectivity index is 2.31. The summed E-state index contributed by atoms with van der Waals surface area (Å²) in [4.78, 5) is 0. The third-order valence-electron chi connectivity index (χ3n) is 3.33. The second-order valence-electron chi connectivity index (χ2n) is 4.80. The zero-order valence-electron chi connectivity index (χ0n) is 11.4. The molecule has 0 bridgehead atoms. The van der Waals surface area contributed by atoms with Gasteiger partial charge >= 0.3 is 0 Å². The molecule has 1 N–H and O–H groups in total. The Hall–Kier alpha value is -1.81. The van der Waals surface area contributed by atoms with Crippen molar-refractivity contribution in [1.29, 1.82) is 0 Å². The number of likely N-dealkylation sites (N-methyl/N-ethyl adjacent to an activating group) is 1. The van der Waals surface area contributed by atoms with Gasteiger partial charge in [-0.25, -0.2) is 13.2 Å². The normalized spacial score (nSPS) is 12.4. The van der Waals surface area contributed by atoms with Gasteiger partial charge in [-0.3, -0.25) is 0 Å². The van der Waals surface area contributed by atoms with Gasteiger partial charge in [0.1, 0.15) is 17.5 Å². The van der Waals surface area contributed by atoms with Crippen LogP contribution in [-0.2, 0) is 6.42 Å². The van der Waals surface area contributed by atoms with E-state index in [1.54, 1.807) is 19.2 Å². The molecule has 0 aliphatic heterocycles. The molecular formula is C16H16F3N. The van der Waals surface area contributed by atoms with Crippen molar-refractivity contribution < 1.29 is 13.2 Å². The lowest BCUT2D eigenvalue weighted by molar-refractivity contribution is 0.519. The lowest BCUT2D eigenvalue weighted by Gasteiger charge is -2.18. The van der Waals surface area contributed by atoms with E-state index in [1.165, 1.54) is 31.2 Å². The van der Waals surface area contributed by atoms with Gasteiger partial charge in [0, 0.05) is 11.6 Å². The predicted octanol–water partition coefficient (Wildman–Crippen LogP) is 3.92. The van der Waals surface area contributed by atoms with Crippen molar-refractivity contribution in [3.05, 3.63) is 70.5 Å². The lowest BCUT2D eigenvalue weighted by atomic mass is 9.97. The van der Waals surface area contributed by atoms with Crippen molar-refractivity contribution in [3.8, 4) is 0 Å². The fraction of sp³-hybridized carbons (Fsp3) is 0.250. The Labute approximate surface area is 116 Å². The second kappa shape index (κ2) is 6.09. The van der Waals surface area contributed by atoms with Crippen molar-refractivity contribution in [3.63, 3.8) is 0 Å². The fourth-order valence-electron chi connectivity index (χ4n) is 2.20. The monoisotopic (exact) mass is 279 g/mol. The SMILES string of the molecule is CNC(Cc1cccc(F)c1)c1cc(F)c(C)cc1F. The number of nitrogens with one attached hydrogen (secondary N) is 1. The van der Waals surface area contributed by atoms with Crippen molar-refractivity contribution in [2.45, 2.75) is 19.4 Å². The van der Waals surface area contributed by atoms with E-state index < -0.39 is 17.7 Å². The fourth-order valence-corrected chi connectivity index (χ4v) is 2.20. The topological polar surface area (TPSA) is 12.0 Å². The summed E-state index contributed by atoms with van der Waals surface area (Å²) in [6, 6.07) is 8.08. The van der Waals surface area contributed by atoms with Gasteiger partial charge in [0.25, 0.3) is 0 Å². The number of benzene rings is 2. The number of hydrogen-bond acceptors (Lipinski definition) is 1. The van der Waals surface area contributed by atoms with Gasteiger partial charge in [0.15, 0.2) is 0 Å². The van der Waals surface area contributed by atoms with E-state index in [1.807, 2.05) is 0 Å². The zero-order valence-corrected chi connectivity index (χ0v) is 11.4. The molecule has 1 atom stereocenters. The van der Waals surface area contributed by atoms with Crippen LogP contribution in [0.15, 0.2) is 36.4 Å². The van der Waals surface area contributed by atoms with Gasteiger partial charge in [-0.15, -0.1) is 0 Å². The predicted molar refractivity (Wildman–Crippen MR) is 73.0 cm³/mol. The summed E-state index contributed by atoms with van der Waals surface area (Å²) >= 11 is 0. The average Bonchev–Trinajstić information content (AvgIpc) is 2.40. The molecule has 0 spiro atoms. The largest absolute Gasteiger partial charge is 0.313 e. The summed E-state index contributed by atoms with van der Waals surface area (Å²) < 4.78 is 40.7. The van der Waals surface area contributed by atoms with Gasteiger partial charge in [0.05, 0.1) is 0 Å². The molecule has 0 saturated heterocycles. The summed E-state index contributed by atoms with van der Waals surface area (Å²) in [6.07, 6.45) is 0.383.